The van der Waals surface area contributed by atoms with Crippen LogP contribution in [0.2, 0.25) is 0 Å². The minimum Gasteiger partial charge on any atom is -0.479 e. The van der Waals surface area contributed by atoms with Gasteiger partial charge in [0.05, 0.1) is 6.54 Å². The fourth-order valence-corrected chi connectivity index (χ4v) is 2.32. The molecule has 0 spiro atoms. The molecule has 0 radical (unpaired) electrons. The molecule has 1 rings (SSSR count). The molecular weight excluding hydrogens is 274 g/mol. The Labute approximate surface area is 109 Å². The van der Waals surface area contributed by atoms with Gasteiger partial charge in [-0.25, -0.2) is 22.9 Å². The molecule has 1 aromatic heterocycles. The average molecular weight is 285 g/mol. The van der Waals surface area contributed by atoms with E-state index in [4.69, 9.17) is 10.4 Å². The minimum atomic E-state index is -4.13. The summed E-state index contributed by atoms with van der Waals surface area (Å²) >= 11 is 0. The second-order valence-electron chi connectivity index (χ2n) is 3.87. The molecule has 1 aromatic rings. The third kappa shape index (κ3) is 3.47. The number of carbonyl (C=O) groups is 1. The van der Waals surface area contributed by atoms with Crippen LogP contribution >= 0.6 is 0 Å². The Bertz CT molecular complexity index is 633. The van der Waals surface area contributed by atoms with Gasteiger partial charge in [0.25, 0.3) is 0 Å². The molecule has 0 aromatic carbocycles. The van der Waals surface area contributed by atoms with Crippen molar-refractivity contribution in [2.45, 2.75) is 17.4 Å². The lowest BCUT2D eigenvalue weighted by Gasteiger charge is -2.18. The van der Waals surface area contributed by atoms with Crippen molar-refractivity contribution in [3.63, 3.8) is 0 Å². The third-order valence-electron chi connectivity index (χ3n) is 2.23. The summed E-state index contributed by atoms with van der Waals surface area (Å²) in [5.41, 5.74) is -2.56. The van der Waals surface area contributed by atoms with Gasteiger partial charge in [-0.05, 0) is 19.1 Å². The first-order valence-corrected chi connectivity index (χ1v) is 6.49. The molecule has 0 amide bonds. The number of pyridine rings is 1. The Hall–Kier alpha value is -2.02. The number of nitrogens with zero attached hydrogens (tertiary/aromatic N) is 2. The molecule has 0 aliphatic rings. The number of hydrogen-bond acceptors (Lipinski definition) is 6. The first-order valence-electron chi connectivity index (χ1n) is 5.01. The van der Waals surface area contributed by atoms with Crippen LogP contribution in [0.3, 0.4) is 0 Å². The van der Waals surface area contributed by atoms with Crippen LogP contribution < -0.4 is 4.72 Å². The quantitative estimate of drug-likeness (QED) is 0.634. The number of carboxylic acid groups (broad SMARTS) is 1. The van der Waals surface area contributed by atoms with Crippen molar-refractivity contribution in [3.05, 3.63) is 24.0 Å². The summed E-state index contributed by atoms with van der Waals surface area (Å²) < 4.78 is 25.7. The second kappa shape index (κ2) is 5.31. The number of rotatable bonds is 5. The second-order valence-corrected chi connectivity index (χ2v) is 5.60. The van der Waals surface area contributed by atoms with Crippen LogP contribution in [-0.4, -0.2) is 41.7 Å². The van der Waals surface area contributed by atoms with E-state index in [0.29, 0.717) is 0 Å². The van der Waals surface area contributed by atoms with Crippen molar-refractivity contribution in [2.24, 2.45) is 0 Å². The summed E-state index contributed by atoms with van der Waals surface area (Å²) in [4.78, 5) is 13.9. The average Bonchev–Trinajstić information content (AvgIpc) is 2.36. The fourth-order valence-electron chi connectivity index (χ4n) is 1.08. The van der Waals surface area contributed by atoms with Crippen LogP contribution in [0.5, 0.6) is 0 Å². The predicted molar refractivity (Wildman–Crippen MR) is 62.4 cm³/mol. The fraction of sp³-hybridized carbons (Fsp3) is 0.300. The van der Waals surface area contributed by atoms with Crippen molar-refractivity contribution in [2.75, 3.05) is 6.54 Å². The molecule has 0 fully saturated rings. The molecule has 19 heavy (non-hydrogen) atoms. The van der Waals surface area contributed by atoms with Gasteiger partial charge in [0, 0.05) is 6.20 Å². The number of nitrogens with one attached hydrogen (secondary N) is 1. The number of aliphatic carboxylic acids is 1. The smallest absolute Gasteiger partial charge is 0.336 e. The molecular formula is C10H11N3O5S. The topological polar surface area (TPSA) is 140 Å². The monoisotopic (exact) mass is 285 g/mol. The molecule has 0 saturated heterocycles. The maximum absolute atomic E-state index is 11.9. The van der Waals surface area contributed by atoms with Crippen LogP contribution in [0.15, 0.2) is 23.2 Å². The number of aromatic nitrogens is 1. The van der Waals surface area contributed by atoms with Crippen molar-refractivity contribution in [3.8, 4) is 6.07 Å². The normalized spacial score (nSPS) is 14.4. The Balaban J connectivity index is 3.01. The lowest BCUT2D eigenvalue weighted by Crippen LogP contribution is -2.46. The van der Waals surface area contributed by atoms with Crippen LogP contribution in [0.25, 0.3) is 0 Å². The van der Waals surface area contributed by atoms with E-state index in [2.05, 4.69) is 4.98 Å². The third-order valence-corrected chi connectivity index (χ3v) is 3.67. The first-order chi connectivity index (χ1) is 8.70. The zero-order valence-electron chi connectivity index (χ0n) is 9.86. The summed E-state index contributed by atoms with van der Waals surface area (Å²) in [5, 5.41) is 26.8. The summed E-state index contributed by atoms with van der Waals surface area (Å²) in [7, 11) is -4.13. The summed E-state index contributed by atoms with van der Waals surface area (Å²) in [6, 6.07) is 4.09. The molecule has 8 nitrogen and oxygen atoms in total. The minimum absolute atomic E-state index is 0.315. The van der Waals surface area contributed by atoms with Gasteiger partial charge < -0.3 is 10.2 Å². The van der Waals surface area contributed by atoms with Gasteiger partial charge in [0.1, 0.15) is 11.0 Å². The van der Waals surface area contributed by atoms with Gasteiger partial charge in [0.2, 0.25) is 10.0 Å². The standard InChI is InChI=1S/C10H11N3O5S/c1-10(16,9(14)15)6-13-19(17,18)8-3-2-4-12-7(8)5-11/h2-4,13,16H,6H2,1H3,(H,14,15). The zero-order chi connectivity index (χ0) is 14.7. The number of nitriles is 1. The molecule has 1 atom stereocenters. The molecule has 1 unspecified atom stereocenters. The van der Waals surface area contributed by atoms with Gasteiger partial charge >= 0.3 is 5.97 Å². The summed E-state index contributed by atoms with van der Waals surface area (Å²) in [5.74, 6) is -1.57. The molecule has 0 bridgehead atoms. The van der Waals surface area contributed by atoms with Crippen molar-refractivity contribution < 1.29 is 23.4 Å². The summed E-state index contributed by atoms with van der Waals surface area (Å²) in [6.45, 7) is 0.219. The van der Waals surface area contributed by atoms with Gasteiger partial charge in [-0.15, -0.1) is 0 Å². The SMILES string of the molecule is CC(O)(CNS(=O)(=O)c1cccnc1C#N)C(=O)O. The zero-order valence-corrected chi connectivity index (χ0v) is 10.7. The van der Waals surface area contributed by atoms with Gasteiger partial charge in [-0.1, -0.05) is 0 Å². The van der Waals surface area contributed by atoms with Crippen LogP contribution in [0.4, 0.5) is 0 Å². The highest BCUT2D eigenvalue weighted by Gasteiger charge is 2.32. The molecule has 3 N–H and O–H groups in total. The van der Waals surface area contributed by atoms with Crippen LogP contribution in [0, 0.1) is 11.3 Å². The highest BCUT2D eigenvalue weighted by molar-refractivity contribution is 7.89. The van der Waals surface area contributed by atoms with Crippen LogP contribution in [-0.2, 0) is 14.8 Å². The van der Waals surface area contributed by atoms with Crippen molar-refractivity contribution >= 4 is 16.0 Å². The lowest BCUT2D eigenvalue weighted by atomic mass is 10.1. The van der Waals surface area contributed by atoms with E-state index < -0.39 is 28.1 Å². The van der Waals surface area contributed by atoms with E-state index in [1.165, 1.54) is 12.3 Å². The van der Waals surface area contributed by atoms with Gasteiger partial charge in [-0.2, -0.15) is 5.26 Å². The van der Waals surface area contributed by atoms with Gasteiger partial charge in [-0.3, -0.25) is 0 Å². The van der Waals surface area contributed by atoms with E-state index in [1.807, 2.05) is 4.72 Å². The van der Waals surface area contributed by atoms with E-state index in [0.717, 1.165) is 13.0 Å². The Morgan fingerprint density at radius 1 is 1.63 bits per heavy atom. The van der Waals surface area contributed by atoms with Crippen LogP contribution in [0.1, 0.15) is 12.6 Å². The highest BCUT2D eigenvalue weighted by Crippen LogP contribution is 2.12. The van der Waals surface area contributed by atoms with E-state index in [1.54, 1.807) is 6.07 Å². The van der Waals surface area contributed by atoms with E-state index in [9.17, 15) is 18.3 Å². The molecule has 0 saturated carbocycles. The lowest BCUT2D eigenvalue weighted by molar-refractivity contribution is -0.155. The number of carboxylic acids is 1. The van der Waals surface area contributed by atoms with Gasteiger partial charge in [0.15, 0.2) is 11.3 Å². The highest BCUT2D eigenvalue weighted by atomic mass is 32.2. The maximum Gasteiger partial charge on any atom is 0.336 e. The Morgan fingerprint density at radius 3 is 2.79 bits per heavy atom. The summed E-state index contributed by atoms with van der Waals surface area (Å²) in [6.07, 6.45) is 1.25. The predicted octanol–water partition coefficient (Wildman–Crippen LogP) is -0.933. The first kappa shape index (κ1) is 15.0. The van der Waals surface area contributed by atoms with E-state index >= 15 is 0 Å². The largest absolute Gasteiger partial charge is 0.479 e. The number of sulfonamides is 1. The molecule has 9 heteroatoms. The van der Waals surface area contributed by atoms with E-state index in [-0.39, 0.29) is 10.6 Å². The number of aliphatic hydroxyl groups is 1. The Kier molecular flexibility index (Phi) is 4.21. The maximum atomic E-state index is 11.9. The number of hydrogen-bond donors (Lipinski definition) is 3. The molecule has 0 aliphatic heterocycles. The molecule has 0 aliphatic carbocycles. The molecule has 102 valence electrons. The molecule has 1 heterocycles. The van der Waals surface area contributed by atoms with Crippen molar-refractivity contribution in [1.29, 1.82) is 5.26 Å². The van der Waals surface area contributed by atoms with Crippen molar-refractivity contribution in [1.82, 2.24) is 9.71 Å². The Morgan fingerprint density at radius 2 is 2.26 bits per heavy atom.